The molecule has 1 saturated carbocycles. The second-order valence-electron chi connectivity index (χ2n) is 9.69. The highest BCUT2D eigenvalue weighted by molar-refractivity contribution is 6.21. The molecule has 1 aliphatic heterocycles. The number of aliphatic carboxylic acids is 3. The lowest BCUT2D eigenvalue weighted by Crippen LogP contribution is -2.72. The van der Waals surface area contributed by atoms with E-state index in [0.29, 0.717) is 16.2 Å². The Balaban J connectivity index is 1.66. The van der Waals surface area contributed by atoms with Crippen molar-refractivity contribution in [3.63, 3.8) is 0 Å². The van der Waals surface area contributed by atoms with Crippen molar-refractivity contribution in [2.75, 3.05) is 6.54 Å². The molecule has 1 unspecified atom stereocenters. The van der Waals surface area contributed by atoms with Gasteiger partial charge in [0.25, 0.3) is 0 Å². The number of hydrogen-bond acceptors (Lipinski definition) is 8. The lowest BCUT2D eigenvalue weighted by atomic mass is 9.65. The summed E-state index contributed by atoms with van der Waals surface area (Å²) in [5, 5.41) is 31.1. The third kappa shape index (κ3) is 6.55. The number of hydrogen-bond donors (Lipinski definition) is 4. The van der Waals surface area contributed by atoms with Crippen LogP contribution in [0.25, 0.3) is 0 Å². The first-order valence-corrected chi connectivity index (χ1v) is 12.8. The average molecular weight is 562 g/mol. The zero-order valence-electron chi connectivity index (χ0n) is 21.6. The molecule has 1 aromatic carbocycles. The van der Waals surface area contributed by atoms with Gasteiger partial charge in [0.2, 0.25) is 11.8 Å². The van der Waals surface area contributed by atoms with Gasteiger partial charge in [0, 0.05) is 13.0 Å². The number of carboxylic acids is 3. The van der Waals surface area contributed by atoms with E-state index in [-0.39, 0.29) is 45.3 Å². The smallest absolute Gasteiger partial charge is 0.407 e. The summed E-state index contributed by atoms with van der Waals surface area (Å²) in [6, 6.07) is 4.01. The number of barbiturate groups is 1. The summed E-state index contributed by atoms with van der Waals surface area (Å²) in [4.78, 5) is 87.7. The van der Waals surface area contributed by atoms with Crippen LogP contribution in [0, 0.1) is 5.41 Å². The Morgan fingerprint density at radius 3 is 1.95 bits per heavy atom. The van der Waals surface area contributed by atoms with Crippen molar-refractivity contribution in [1.82, 2.24) is 15.1 Å². The van der Waals surface area contributed by atoms with E-state index in [1.165, 1.54) is 0 Å². The van der Waals surface area contributed by atoms with E-state index in [1.807, 2.05) is 6.07 Å². The second kappa shape index (κ2) is 13.0. The third-order valence-electron chi connectivity index (χ3n) is 7.09. The lowest BCUT2D eigenvalue weighted by Gasteiger charge is -2.50. The van der Waals surface area contributed by atoms with Crippen LogP contribution in [0.15, 0.2) is 30.3 Å². The highest BCUT2D eigenvalue weighted by Gasteiger charge is 2.63. The van der Waals surface area contributed by atoms with E-state index in [0.717, 1.165) is 5.56 Å². The van der Waals surface area contributed by atoms with Gasteiger partial charge in [-0.1, -0.05) is 36.8 Å². The molecule has 1 spiro atoms. The van der Waals surface area contributed by atoms with Crippen molar-refractivity contribution in [2.45, 2.75) is 70.1 Å². The molecule has 1 heterocycles. The first kappa shape index (κ1) is 30.1. The SMILES string of the molecule is O=C(O)CC[C@@H](C(=O)O)N1C(=O)N(C(CCCCNC(=O)OCc2ccccc2)C(=O)O)C(=O)C2(CCC2)C1=O. The van der Waals surface area contributed by atoms with E-state index >= 15 is 0 Å². The van der Waals surface area contributed by atoms with E-state index in [2.05, 4.69) is 5.32 Å². The largest absolute Gasteiger partial charge is 0.481 e. The van der Waals surface area contributed by atoms with Gasteiger partial charge in [0.1, 0.15) is 24.1 Å². The number of benzene rings is 1. The van der Waals surface area contributed by atoms with Crippen LogP contribution in [0.1, 0.15) is 56.9 Å². The fraction of sp³-hybridized carbons (Fsp3) is 0.500. The molecule has 4 N–H and O–H groups in total. The second-order valence-corrected chi connectivity index (χ2v) is 9.69. The maximum atomic E-state index is 13.3. The zero-order valence-corrected chi connectivity index (χ0v) is 21.6. The molecule has 0 radical (unpaired) electrons. The third-order valence-corrected chi connectivity index (χ3v) is 7.09. The van der Waals surface area contributed by atoms with E-state index < -0.39 is 72.2 Å². The number of carbonyl (C=O) groups is 7. The lowest BCUT2D eigenvalue weighted by molar-refractivity contribution is -0.175. The molecule has 2 aliphatic rings. The number of imide groups is 2. The van der Waals surface area contributed by atoms with Crippen molar-refractivity contribution < 1.29 is 53.6 Å². The van der Waals surface area contributed by atoms with E-state index in [9.17, 15) is 43.8 Å². The average Bonchev–Trinajstić information content (AvgIpc) is 2.87. The van der Waals surface area contributed by atoms with Gasteiger partial charge in [-0.3, -0.25) is 14.4 Å². The molecule has 216 valence electrons. The predicted molar refractivity (Wildman–Crippen MR) is 134 cm³/mol. The quantitative estimate of drug-likeness (QED) is 0.190. The van der Waals surface area contributed by atoms with Crippen LogP contribution in [0.2, 0.25) is 0 Å². The Morgan fingerprint density at radius 1 is 0.875 bits per heavy atom. The molecule has 14 nitrogen and oxygen atoms in total. The number of nitrogens with zero attached hydrogens (tertiary/aromatic N) is 2. The summed E-state index contributed by atoms with van der Waals surface area (Å²) in [5.41, 5.74) is -0.967. The summed E-state index contributed by atoms with van der Waals surface area (Å²) in [6.45, 7) is 0.181. The number of nitrogens with one attached hydrogen (secondary N) is 1. The van der Waals surface area contributed by atoms with Gasteiger partial charge in [-0.25, -0.2) is 29.0 Å². The molecular weight excluding hydrogens is 530 g/mol. The van der Waals surface area contributed by atoms with Crippen molar-refractivity contribution in [3.05, 3.63) is 35.9 Å². The van der Waals surface area contributed by atoms with Gasteiger partial charge in [-0.15, -0.1) is 0 Å². The first-order valence-electron chi connectivity index (χ1n) is 12.8. The first-order chi connectivity index (χ1) is 19.0. The summed E-state index contributed by atoms with van der Waals surface area (Å²) < 4.78 is 5.09. The van der Waals surface area contributed by atoms with Crippen LogP contribution in [0.4, 0.5) is 9.59 Å². The van der Waals surface area contributed by atoms with Gasteiger partial charge in [0.15, 0.2) is 0 Å². The predicted octanol–water partition coefficient (Wildman–Crippen LogP) is 1.82. The fourth-order valence-corrected chi connectivity index (χ4v) is 4.76. The number of amides is 5. The molecule has 1 saturated heterocycles. The Bertz CT molecular complexity index is 1170. The molecule has 0 aromatic heterocycles. The molecule has 5 amide bonds. The normalized spacial score (nSPS) is 17.6. The summed E-state index contributed by atoms with van der Waals surface area (Å²) in [5.74, 6) is -6.58. The van der Waals surface area contributed by atoms with Crippen LogP contribution in [-0.4, -0.2) is 85.6 Å². The molecule has 40 heavy (non-hydrogen) atoms. The zero-order chi connectivity index (χ0) is 29.4. The molecule has 3 rings (SSSR count). The standard InChI is InChI=1S/C26H31N3O11/c30-19(31)11-10-18(21(34)35)29-23(37)26(12-6-13-26)22(36)28(25(29)39)17(20(32)33)9-4-5-14-27-24(38)40-15-16-7-2-1-3-8-16/h1-3,7-8,17-18H,4-6,9-15H2,(H,27,38)(H,30,31)(H,32,33)(H,34,35)/t17?,18-/m0/s1. The number of carbonyl (C=O) groups excluding carboxylic acids is 4. The Kier molecular flexibility index (Phi) is 9.80. The van der Waals surface area contributed by atoms with Crippen molar-refractivity contribution in [1.29, 1.82) is 0 Å². The summed E-state index contributed by atoms with van der Waals surface area (Å²) in [7, 11) is 0. The van der Waals surface area contributed by atoms with Crippen LogP contribution >= 0.6 is 0 Å². The number of carboxylic acid groups (broad SMARTS) is 3. The number of rotatable bonds is 14. The van der Waals surface area contributed by atoms with Crippen LogP contribution in [0.3, 0.4) is 0 Å². The maximum Gasteiger partial charge on any atom is 0.407 e. The minimum atomic E-state index is -1.88. The van der Waals surface area contributed by atoms with Gasteiger partial charge >= 0.3 is 30.0 Å². The molecular formula is C26H31N3O11. The highest BCUT2D eigenvalue weighted by Crippen LogP contribution is 2.48. The minimum absolute atomic E-state index is 0.0115. The molecule has 0 bridgehead atoms. The molecule has 1 aromatic rings. The molecule has 1 aliphatic carbocycles. The minimum Gasteiger partial charge on any atom is -0.481 e. The maximum absolute atomic E-state index is 13.3. The van der Waals surface area contributed by atoms with Crippen molar-refractivity contribution in [3.8, 4) is 0 Å². The number of alkyl carbamates (subject to hydrolysis) is 1. The van der Waals surface area contributed by atoms with Crippen LogP contribution in [-0.2, 0) is 35.3 Å². The topological polar surface area (TPSA) is 208 Å². The van der Waals surface area contributed by atoms with Crippen molar-refractivity contribution in [2.24, 2.45) is 5.41 Å². The number of ether oxygens (including phenoxy) is 1. The van der Waals surface area contributed by atoms with Gasteiger partial charge in [-0.2, -0.15) is 0 Å². The molecule has 2 fully saturated rings. The Hall–Kier alpha value is -4.49. The summed E-state index contributed by atoms with van der Waals surface area (Å²) in [6.07, 6.45) is -1.30. The Morgan fingerprint density at radius 2 is 1.45 bits per heavy atom. The molecule has 2 atom stereocenters. The number of urea groups is 1. The van der Waals surface area contributed by atoms with Crippen LogP contribution < -0.4 is 5.32 Å². The summed E-state index contributed by atoms with van der Waals surface area (Å²) >= 11 is 0. The van der Waals surface area contributed by atoms with Crippen molar-refractivity contribution >= 4 is 41.8 Å². The van der Waals surface area contributed by atoms with Gasteiger partial charge in [0.05, 0.1) is 0 Å². The number of unbranched alkanes of at least 4 members (excludes halogenated alkanes) is 1. The van der Waals surface area contributed by atoms with Crippen LogP contribution in [0.5, 0.6) is 0 Å². The van der Waals surface area contributed by atoms with E-state index in [4.69, 9.17) is 9.84 Å². The monoisotopic (exact) mass is 561 g/mol. The molecule has 14 heteroatoms. The van der Waals surface area contributed by atoms with Gasteiger partial charge in [-0.05, 0) is 44.1 Å². The highest BCUT2D eigenvalue weighted by atomic mass is 16.5. The van der Waals surface area contributed by atoms with E-state index in [1.54, 1.807) is 24.3 Å². The fourth-order valence-electron chi connectivity index (χ4n) is 4.76. The Labute approximate surface area is 228 Å². The van der Waals surface area contributed by atoms with Gasteiger partial charge < -0.3 is 25.4 Å².